The molecule has 0 aliphatic carbocycles. The number of aryl methyl sites for hydroxylation is 2. The van der Waals surface area contributed by atoms with E-state index < -0.39 is 0 Å². The maximum atomic E-state index is 12.1. The highest BCUT2D eigenvalue weighted by Crippen LogP contribution is 2.17. The van der Waals surface area contributed by atoms with Crippen LogP contribution < -0.4 is 10.1 Å². The molecule has 3 aromatic rings. The summed E-state index contributed by atoms with van der Waals surface area (Å²) in [6.07, 6.45) is 2.88. The van der Waals surface area contributed by atoms with Gasteiger partial charge in [0.15, 0.2) is 0 Å². The summed E-state index contributed by atoms with van der Waals surface area (Å²) < 4.78 is 6.91. The molecule has 0 saturated heterocycles. The summed E-state index contributed by atoms with van der Waals surface area (Å²) in [6.45, 7) is 0.405. The average Bonchev–Trinajstić information content (AvgIpc) is 3.06. The van der Waals surface area contributed by atoms with E-state index in [9.17, 15) is 4.79 Å². The van der Waals surface area contributed by atoms with E-state index in [1.807, 2.05) is 55.6 Å². The Morgan fingerprint density at radius 1 is 1.19 bits per heavy atom. The summed E-state index contributed by atoms with van der Waals surface area (Å²) in [5.74, 6) is 0.822. The molecule has 1 amide bonds. The molecule has 0 bridgehead atoms. The van der Waals surface area contributed by atoms with Gasteiger partial charge in [0.1, 0.15) is 5.75 Å². The lowest BCUT2D eigenvalue weighted by atomic mass is 10.1. The van der Waals surface area contributed by atoms with Crippen LogP contribution in [0.3, 0.4) is 0 Å². The Labute approximate surface area is 152 Å². The van der Waals surface area contributed by atoms with Crippen molar-refractivity contribution in [2.24, 2.45) is 7.05 Å². The van der Waals surface area contributed by atoms with Gasteiger partial charge in [-0.25, -0.2) is 0 Å². The Kier molecular flexibility index (Phi) is 5.63. The Morgan fingerprint density at radius 3 is 2.69 bits per heavy atom. The number of carbonyl (C=O) groups is 1. The van der Waals surface area contributed by atoms with Gasteiger partial charge in [-0.15, -0.1) is 0 Å². The molecule has 134 valence electrons. The van der Waals surface area contributed by atoms with Crippen molar-refractivity contribution < 1.29 is 9.53 Å². The topological polar surface area (TPSA) is 69.0 Å². The maximum Gasteiger partial charge on any atom is 0.220 e. The molecule has 0 aliphatic rings. The van der Waals surface area contributed by atoms with E-state index in [2.05, 4.69) is 15.4 Å². The monoisotopic (exact) mass is 350 g/mol. The number of amides is 1. The fourth-order valence-electron chi connectivity index (χ4n) is 2.69. The summed E-state index contributed by atoms with van der Waals surface area (Å²) in [4.78, 5) is 16.4. The first kappa shape index (κ1) is 17.7. The van der Waals surface area contributed by atoms with Gasteiger partial charge in [-0.05, 0) is 42.3 Å². The second kappa shape index (κ2) is 8.29. The maximum absolute atomic E-state index is 12.1. The number of hydrogen-bond acceptors (Lipinski definition) is 4. The molecule has 0 fully saturated rings. The van der Waals surface area contributed by atoms with E-state index in [1.54, 1.807) is 18.0 Å². The predicted molar refractivity (Wildman–Crippen MR) is 99.6 cm³/mol. The zero-order chi connectivity index (χ0) is 18.4. The minimum atomic E-state index is 0.00542. The fourth-order valence-corrected chi connectivity index (χ4v) is 2.69. The van der Waals surface area contributed by atoms with E-state index in [0.717, 1.165) is 28.4 Å². The zero-order valence-corrected chi connectivity index (χ0v) is 15.0. The summed E-state index contributed by atoms with van der Waals surface area (Å²) in [7, 11) is 3.51. The van der Waals surface area contributed by atoms with Crippen molar-refractivity contribution >= 4 is 5.91 Å². The van der Waals surface area contributed by atoms with Gasteiger partial charge in [-0.3, -0.25) is 14.5 Å². The molecule has 6 nitrogen and oxygen atoms in total. The van der Waals surface area contributed by atoms with Crippen molar-refractivity contribution in [3.63, 3.8) is 0 Å². The highest BCUT2D eigenvalue weighted by atomic mass is 16.5. The van der Waals surface area contributed by atoms with E-state index >= 15 is 0 Å². The molecule has 0 radical (unpaired) electrons. The van der Waals surface area contributed by atoms with Crippen LogP contribution >= 0.6 is 0 Å². The van der Waals surface area contributed by atoms with Crippen LogP contribution in [0.1, 0.15) is 17.7 Å². The van der Waals surface area contributed by atoms with Crippen LogP contribution in [0.2, 0.25) is 0 Å². The minimum absolute atomic E-state index is 0.00542. The van der Waals surface area contributed by atoms with Crippen LogP contribution in [0.25, 0.3) is 11.4 Å². The molecule has 6 heteroatoms. The van der Waals surface area contributed by atoms with Gasteiger partial charge >= 0.3 is 0 Å². The number of pyridine rings is 1. The Morgan fingerprint density at radius 2 is 2.00 bits per heavy atom. The SMILES string of the molecule is COc1ccc(CCC(=O)NCc2cc(-c3ccccn3)n(C)n2)cc1. The first-order chi connectivity index (χ1) is 12.7. The van der Waals surface area contributed by atoms with Crippen LogP contribution in [-0.4, -0.2) is 27.8 Å². The van der Waals surface area contributed by atoms with Crippen molar-refractivity contribution in [2.45, 2.75) is 19.4 Å². The van der Waals surface area contributed by atoms with E-state index in [4.69, 9.17) is 4.74 Å². The molecule has 0 unspecified atom stereocenters. The second-order valence-electron chi connectivity index (χ2n) is 5.98. The molecule has 0 spiro atoms. The number of ether oxygens (including phenoxy) is 1. The standard InChI is InChI=1S/C20H22N4O2/c1-24-19(18-5-3-4-12-21-18)13-16(23-24)14-22-20(25)11-8-15-6-9-17(26-2)10-7-15/h3-7,9-10,12-13H,8,11,14H2,1-2H3,(H,22,25). The summed E-state index contributed by atoms with van der Waals surface area (Å²) in [5.41, 5.74) is 3.70. The van der Waals surface area contributed by atoms with Crippen molar-refractivity contribution in [1.82, 2.24) is 20.1 Å². The number of nitrogens with zero attached hydrogens (tertiary/aromatic N) is 3. The lowest BCUT2D eigenvalue weighted by molar-refractivity contribution is -0.121. The minimum Gasteiger partial charge on any atom is -0.497 e. The van der Waals surface area contributed by atoms with Crippen molar-refractivity contribution in [1.29, 1.82) is 0 Å². The molecular weight excluding hydrogens is 328 g/mol. The molecule has 1 aromatic carbocycles. The van der Waals surface area contributed by atoms with Gasteiger partial charge < -0.3 is 10.1 Å². The van der Waals surface area contributed by atoms with Crippen LogP contribution in [-0.2, 0) is 24.8 Å². The van der Waals surface area contributed by atoms with E-state index in [0.29, 0.717) is 19.4 Å². The van der Waals surface area contributed by atoms with Crippen LogP contribution in [0, 0.1) is 0 Å². The highest BCUT2D eigenvalue weighted by molar-refractivity contribution is 5.76. The predicted octanol–water partition coefficient (Wildman–Crippen LogP) is 2.74. The molecule has 2 aromatic heterocycles. The average molecular weight is 350 g/mol. The van der Waals surface area contributed by atoms with Crippen LogP contribution in [0.4, 0.5) is 0 Å². The lowest BCUT2D eigenvalue weighted by Gasteiger charge is -2.05. The lowest BCUT2D eigenvalue weighted by Crippen LogP contribution is -2.23. The van der Waals surface area contributed by atoms with Gasteiger partial charge in [0, 0.05) is 19.7 Å². The van der Waals surface area contributed by atoms with Gasteiger partial charge in [0.2, 0.25) is 5.91 Å². The smallest absolute Gasteiger partial charge is 0.220 e. The largest absolute Gasteiger partial charge is 0.497 e. The van der Waals surface area contributed by atoms with Crippen LogP contribution in [0.5, 0.6) is 5.75 Å². The van der Waals surface area contributed by atoms with Gasteiger partial charge in [-0.1, -0.05) is 18.2 Å². The third-order valence-electron chi connectivity index (χ3n) is 4.12. The quantitative estimate of drug-likeness (QED) is 0.711. The fraction of sp³-hybridized carbons (Fsp3) is 0.250. The van der Waals surface area contributed by atoms with Crippen LogP contribution in [0.15, 0.2) is 54.7 Å². The molecule has 1 N–H and O–H groups in total. The van der Waals surface area contributed by atoms with Crippen molar-refractivity contribution in [2.75, 3.05) is 7.11 Å². The normalized spacial score (nSPS) is 10.5. The molecule has 0 atom stereocenters. The van der Waals surface area contributed by atoms with Gasteiger partial charge in [0.25, 0.3) is 0 Å². The first-order valence-electron chi connectivity index (χ1n) is 8.49. The van der Waals surface area contributed by atoms with Crippen molar-refractivity contribution in [3.8, 4) is 17.1 Å². The number of carbonyl (C=O) groups excluding carboxylic acids is 1. The van der Waals surface area contributed by atoms with E-state index in [1.165, 1.54) is 0 Å². The molecule has 0 saturated carbocycles. The molecule has 26 heavy (non-hydrogen) atoms. The molecule has 2 heterocycles. The summed E-state index contributed by atoms with van der Waals surface area (Å²) >= 11 is 0. The zero-order valence-electron chi connectivity index (χ0n) is 15.0. The number of methoxy groups -OCH3 is 1. The van der Waals surface area contributed by atoms with Crippen molar-refractivity contribution in [3.05, 3.63) is 66.0 Å². The molecular formula is C20H22N4O2. The summed E-state index contributed by atoms with van der Waals surface area (Å²) in [5, 5.41) is 7.37. The third kappa shape index (κ3) is 4.47. The molecule has 0 aliphatic heterocycles. The van der Waals surface area contributed by atoms with E-state index in [-0.39, 0.29) is 5.91 Å². The highest BCUT2D eigenvalue weighted by Gasteiger charge is 2.09. The second-order valence-corrected chi connectivity index (χ2v) is 5.98. The Hall–Kier alpha value is -3.15. The molecule has 3 rings (SSSR count). The Balaban J connectivity index is 1.51. The van der Waals surface area contributed by atoms with Gasteiger partial charge in [-0.2, -0.15) is 5.10 Å². The number of hydrogen-bond donors (Lipinski definition) is 1. The summed E-state index contributed by atoms with van der Waals surface area (Å²) in [6, 6.07) is 15.5. The first-order valence-corrected chi connectivity index (χ1v) is 8.49. The number of nitrogens with one attached hydrogen (secondary N) is 1. The number of rotatable bonds is 7. The Bertz CT molecular complexity index is 857. The number of benzene rings is 1. The van der Waals surface area contributed by atoms with Gasteiger partial charge in [0.05, 0.1) is 30.7 Å². The third-order valence-corrected chi connectivity index (χ3v) is 4.12. The number of aromatic nitrogens is 3.